The van der Waals surface area contributed by atoms with Crippen LogP contribution in [0.4, 0.5) is 4.39 Å². The van der Waals surface area contributed by atoms with Gasteiger partial charge < -0.3 is 4.52 Å². The number of hydrogen-bond acceptors (Lipinski definition) is 4. The van der Waals surface area contributed by atoms with Gasteiger partial charge in [0, 0.05) is 27.1 Å². The number of aromatic nitrogens is 1. The second-order valence-electron chi connectivity index (χ2n) is 5.06. The standard InChI is InChI=1S/C18H10FNO2S/c19-12-5-3-4-11(8-12)15-9-16(22-20-15)14-10-23-17-7-2-1-6-13(17)18(14)21/h1-10H. The first-order valence-electron chi connectivity index (χ1n) is 6.96. The molecule has 0 aliphatic carbocycles. The van der Waals surface area contributed by atoms with Crippen molar-refractivity contribution in [2.24, 2.45) is 0 Å². The lowest BCUT2D eigenvalue weighted by atomic mass is 10.1. The molecule has 0 aliphatic rings. The highest BCUT2D eigenvalue weighted by Crippen LogP contribution is 2.27. The van der Waals surface area contributed by atoms with Crippen LogP contribution < -0.4 is 5.43 Å². The molecule has 0 aliphatic heterocycles. The summed E-state index contributed by atoms with van der Waals surface area (Å²) in [7, 11) is 0. The van der Waals surface area contributed by atoms with Gasteiger partial charge in [-0.05, 0) is 24.3 Å². The van der Waals surface area contributed by atoms with Crippen molar-refractivity contribution in [1.82, 2.24) is 5.16 Å². The summed E-state index contributed by atoms with van der Waals surface area (Å²) in [6, 6.07) is 15.2. The van der Waals surface area contributed by atoms with E-state index in [0.717, 1.165) is 4.70 Å². The molecule has 0 unspecified atom stereocenters. The molecule has 2 heterocycles. The molecule has 0 amide bonds. The SMILES string of the molecule is O=c1c(-c2cc(-c3cccc(F)c3)no2)csc2ccccc12. The monoisotopic (exact) mass is 323 g/mol. The van der Waals surface area contributed by atoms with E-state index in [-0.39, 0.29) is 11.2 Å². The van der Waals surface area contributed by atoms with E-state index in [1.54, 1.807) is 29.6 Å². The number of benzene rings is 2. The third kappa shape index (κ3) is 2.45. The third-order valence-corrected chi connectivity index (χ3v) is 4.54. The Hall–Kier alpha value is -2.79. The number of rotatable bonds is 2. The Labute approximate surface area is 134 Å². The molecule has 112 valence electrons. The van der Waals surface area contributed by atoms with E-state index in [4.69, 9.17) is 4.52 Å². The van der Waals surface area contributed by atoms with Gasteiger partial charge in [-0.15, -0.1) is 11.3 Å². The lowest BCUT2D eigenvalue weighted by molar-refractivity contribution is 0.435. The van der Waals surface area contributed by atoms with Crippen molar-refractivity contribution in [2.75, 3.05) is 0 Å². The Morgan fingerprint density at radius 2 is 1.91 bits per heavy atom. The van der Waals surface area contributed by atoms with Gasteiger partial charge in [-0.2, -0.15) is 0 Å². The average molecular weight is 323 g/mol. The molecule has 0 saturated carbocycles. The van der Waals surface area contributed by atoms with Gasteiger partial charge in [0.15, 0.2) is 11.2 Å². The van der Waals surface area contributed by atoms with Crippen LogP contribution in [0.15, 0.2) is 69.3 Å². The lowest BCUT2D eigenvalue weighted by Gasteiger charge is -1.98. The zero-order chi connectivity index (χ0) is 15.8. The van der Waals surface area contributed by atoms with Crippen LogP contribution in [0.5, 0.6) is 0 Å². The maximum Gasteiger partial charge on any atom is 0.199 e. The summed E-state index contributed by atoms with van der Waals surface area (Å²) in [5.74, 6) is 0.0424. The van der Waals surface area contributed by atoms with E-state index in [9.17, 15) is 9.18 Å². The van der Waals surface area contributed by atoms with Crippen molar-refractivity contribution >= 4 is 21.4 Å². The molecule has 4 aromatic rings. The predicted molar refractivity (Wildman–Crippen MR) is 89.0 cm³/mol. The van der Waals surface area contributed by atoms with Gasteiger partial charge in [0.25, 0.3) is 0 Å². The second kappa shape index (κ2) is 5.44. The zero-order valence-electron chi connectivity index (χ0n) is 11.8. The molecule has 0 radical (unpaired) electrons. The van der Waals surface area contributed by atoms with Crippen LogP contribution in [0.25, 0.3) is 32.7 Å². The molecule has 4 rings (SSSR count). The molecule has 2 aromatic heterocycles. The Morgan fingerprint density at radius 1 is 1.04 bits per heavy atom. The maximum absolute atomic E-state index is 13.3. The highest BCUT2D eigenvalue weighted by molar-refractivity contribution is 7.16. The van der Waals surface area contributed by atoms with Gasteiger partial charge in [-0.3, -0.25) is 4.79 Å². The van der Waals surface area contributed by atoms with Gasteiger partial charge in [0.1, 0.15) is 11.5 Å². The molecular weight excluding hydrogens is 313 g/mol. The lowest BCUT2D eigenvalue weighted by Crippen LogP contribution is -2.02. The Balaban J connectivity index is 1.83. The van der Waals surface area contributed by atoms with Crippen molar-refractivity contribution in [3.8, 4) is 22.6 Å². The van der Waals surface area contributed by atoms with E-state index in [1.807, 2.05) is 18.2 Å². The van der Waals surface area contributed by atoms with E-state index in [0.29, 0.717) is 28.0 Å². The molecule has 0 saturated heterocycles. The third-order valence-electron chi connectivity index (χ3n) is 3.58. The van der Waals surface area contributed by atoms with E-state index >= 15 is 0 Å². The van der Waals surface area contributed by atoms with Crippen LogP contribution >= 0.6 is 11.3 Å². The van der Waals surface area contributed by atoms with Crippen LogP contribution in [-0.2, 0) is 0 Å². The fraction of sp³-hybridized carbons (Fsp3) is 0. The number of nitrogens with zero attached hydrogens (tertiary/aromatic N) is 1. The highest BCUT2D eigenvalue weighted by Gasteiger charge is 2.14. The summed E-state index contributed by atoms with van der Waals surface area (Å²) in [6.45, 7) is 0. The van der Waals surface area contributed by atoms with Gasteiger partial charge in [0.05, 0.1) is 5.56 Å². The first kappa shape index (κ1) is 13.8. The van der Waals surface area contributed by atoms with Crippen LogP contribution in [0.1, 0.15) is 0 Å². The fourth-order valence-corrected chi connectivity index (χ4v) is 3.35. The minimum Gasteiger partial charge on any atom is -0.355 e. The fourth-order valence-electron chi connectivity index (χ4n) is 2.43. The van der Waals surface area contributed by atoms with Crippen LogP contribution in [-0.4, -0.2) is 5.16 Å². The van der Waals surface area contributed by atoms with E-state index in [1.165, 1.54) is 23.5 Å². The largest absolute Gasteiger partial charge is 0.355 e. The van der Waals surface area contributed by atoms with Crippen LogP contribution in [0.2, 0.25) is 0 Å². The van der Waals surface area contributed by atoms with Crippen LogP contribution in [0.3, 0.4) is 0 Å². The number of fused-ring (bicyclic) bond motifs is 1. The maximum atomic E-state index is 13.3. The Kier molecular flexibility index (Phi) is 3.28. The molecule has 2 aromatic carbocycles. The quantitative estimate of drug-likeness (QED) is 0.536. The summed E-state index contributed by atoms with van der Waals surface area (Å²) >= 11 is 1.47. The highest BCUT2D eigenvalue weighted by atomic mass is 32.1. The average Bonchev–Trinajstić information content (AvgIpc) is 3.05. The first-order valence-corrected chi connectivity index (χ1v) is 7.84. The topological polar surface area (TPSA) is 43.1 Å². The Morgan fingerprint density at radius 3 is 2.78 bits per heavy atom. The molecule has 0 spiro atoms. The summed E-state index contributed by atoms with van der Waals surface area (Å²) in [5.41, 5.74) is 1.47. The molecular formula is C18H10FNO2S. The first-order chi connectivity index (χ1) is 11.2. The minimum absolute atomic E-state index is 0.0960. The second-order valence-corrected chi connectivity index (χ2v) is 5.97. The van der Waals surface area contributed by atoms with Crippen LogP contribution in [0, 0.1) is 5.82 Å². The van der Waals surface area contributed by atoms with Crippen molar-refractivity contribution in [3.63, 3.8) is 0 Å². The molecule has 23 heavy (non-hydrogen) atoms. The molecule has 0 bridgehead atoms. The molecule has 3 nitrogen and oxygen atoms in total. The zero-order valence-corrected chi connectivity index (χ0v) is 12.6. The van der Waals surface area contributed by atoms with Gasteiger partial charge in [0.2, 0.25) is 0 Å². The summed E-state index contributed by atoms with van der Waals surface area (Å²) < 4.78 is 19.5. The van der Waals surface area contributed by atoms with E-state index in [2.05, 4.69) is 5.16 Å². The number of hydrogen-bond donors (Lipinski definition) is 0. The number of halogens is 1. The summed E-state index contributed by atoms with van der Waals surface area (Å²) in [6.07, 6.45) is 0. The van der Waals surface area contributed by atoms with E-state index < -0.39 is 0 Å². The normalized spacial score (nSPS) is 11.0. The molecule has 0 atom stereocenters. The molecule has 5 heteroatoms. The summed E-state index contributed by atoms with van der Waals surface area (Å²) in [4.78, 5) is 12.6. The minimum atomic E-state index is -0.343. The van der Waals surface area contributed by atoms with Crippen molar-refractivity contribution in [2.45, 2.75) is 0 Å². The Bertz CT molecular complexity index is 1070. The van der Waals surface area contributed by atoms with Gasteiger partial charge in [-0.1, -0.05) is 29.4 Å². The van der Waals surface area contributed by atoms with Crippen molar-refractivity contribution in [1.29, 1.82) is 0 Å². The molecule has 0 fully saturated rings. The van der Waals surface area contributed by atoms with Crippen molar-refractivity contribution < 1.29 is 8.91 Å². The van der Waals surface area contributed by atoms with Crippen molar-refractivity contribution in [3.05, 3.63) is 76.0 Å². The predicted octanol–water partition coefficient (Wildman–Crippen LogP) is 4.72. The summed E-state index contributed by atoms with van der Waals surface area (Å²) in [5, 5.41) is 6.37. The molecule has 0 N–H and O–H groups in total. The smallest absolute Gasteiger partial charge is 0.199 e. The van der Waals surface area contributed by atoms with Gasteiger partial charge in [-0.25, -0.2) is 4.39 Å². The van der Waals surface area contributed by atoms with Gasteiger partial charge >= 0.3 is 0 Å².